The predicted octanol–water partition coefficient (Wildman–Crippen LogP) is 18.9. The van der Waals surface area contributed by atoms with E-state index in [1.165, 1.54) is 83.5 Å². The Hall–Kier alpha value is -3.93. The van der Waals surface area contributed by atoms with Gasteiger partial charge in [-0.15, -0.1) is 0 Å². The zero-order chi connectivity index (χ0) is 49.8. The molecule has 0 saturated heterocycles. The van der Waals surface area contributed by atoms with E-state index in [2.05, 4.69) is 93.7 Å². The second-order valence-electron chi connectivity index (χ2n) is 19.1. The van der Waals surface area contributed by atoms with Crippen molar-refractivity contribution >= 4 is 23.5 Å². The van der Waals surface area contributed by atoms with Gasteiger partial charge in [-0.25, -0.2) is 0 Å². The Balaban J connectivity index is 2.63. The number of para-hydroxylation sites is 1. The van der Waals surface area contributed by atoms with Crippen LogP contribution >= 0.6 is 0 Å². The number of ether oxygens (including phenoxy) is 2. The molecule has 0 aliphatic carbocycles. The molecule has 0 spiro atoms. The molecule has 0 N–H and O–H groups in total. The van der Waals surface area contributed by atoms with Crippen LogP contribution in [0.5, 0.6) is 0 Å². The summed E-state index contributed by atoms with van der Waals surface area (Å²) in [7, 11) is 0. The van der Waals surface area contributed by atoms with Crippen LogP contribution in [0, 0.1) is 0 Å². The summed E-state index contributed by atoms with van der Waals surface area (Å²) in [5, 5.41) is 0. The van der Waals surface area contributed by atoms with Gasteiger partial charge in [0.15, 0.2) is 6.10 Å². The summed E-state index contributed by atoms with van der Waals surface area (Å²) < 4.78 is 11.8. The molecule has 0 fully saturated rings. The highest BCUT2D eigenvalue weighted by Gasteiger charge is 2.25. The number of carbonyl (C=O) groups excluding carboxylic acids is 3. The fourth-order valence-electron chi connectivity index (χ4n) is 8.24. The number of benzene rings is 1. The van der Waals surface area contributed by atoms with Crippen molar-refractivity contribution in [2.24, 2.45) is 0 Å². The lowest BCUT2D eigenvalue weighted by Gasteiger charge is -2.28. The molecule has 1 aromatic carbocycles. The van der Waals surface area contributed by atoms with Crippen LogP contribution in [0.2, 0.25) is 0 Å². The van der Waals surface area contributed by atoms with Gasteiger partial charge in [0.25, 0.3) is 0 Å². The maximum atomic E-state index is 13.9. The van der Waals surface area contributed by atoms with Gasteiger partial charge in [0, 0.05) is 24.9 Å². The highest BCUT2D eigenvalue weighted by molar-refractivity contribution is 5.93. The van der Waals surface area contributed by atoms with Crippen molar-refractivity contribution in [3.63, 3.8) is 0 Å². The molecule has 0 heterocycles. The van der Waals surface area contributed by atoms with Crippen LogP contribution in [0.4, 0.5) is 5.69 Å². The van der Waals surface area contributed by atoms with Gasteiger partial charge in [0.2, 0.25) is 5.91 Å². The number of allylic oxidation sites excluding steroid dienone is 12. The Labute approximate surface area is 425 Å². The monoisotopic (exact) mass is 954 g/mol. The standard InChI is InChI=1S/C63H103NO5/c1-4-7-10-13-16-19-22-25-28-31-34-37-40-43-49-54-61(65)64(59-52-47-46-48-53-59)57-60(69-63(67)56-51-45-42-39-36-33-30-27-24-21-18-15-12-9-6-3)58-68-62(66)55-50-44-41-38-35-32-29-26-23-20-17-14-11-8-5-2/h9,12,17-18,20-21,25-30,46-48,52-53,60H,4-8,10-11,13-16,19,22-24,31-45,49-51,54-58H2,1-3H3/b12-9-,20-17-,21-18-,28-25-,29-26-,30-27-. The number of rotatable bonds is 48. The van der Waals surface area contributed by atoms with Gasteiger partial charge in [0.05, 0.1) is 6.54 Å². The largest absolute Gasteiger partial charge is 0.462 e. The molecule has 6 nitrogen and oxygen atoms in total. The van der Waals surface area contributed by atoms with Crippen molar-refractivity contribution < 1.29 is 23.9 Å². The van der Waals surface area contributed by atoms with E-state index >= 15 is 0 Å². The van der Waals surface area contributed by atoms with Crippen molar-refractivity contribution in [1.82, 2.24) is 0 Å². The minimum Gasteiger partial charge on any atom is -0.462 e. The summed E-state index contributed by atoms with van der Waals surface area (Å²) >= 11 is 0. The third-order valence-electron chi connectivity index (χ3n) is 12.5. The summed E-state index contributed by atoms with van der Waals surface area (Å²) in [4.78, 5) is 41.9. The van der Waals surface area contributed by atoms with Crippen LogP contribution in [0.3, 0.4) is 0 Å². The van der Waals surface area contributed by atoms with Crippen molar-refractivity contribution in [3.8, 4) is 0 Å². The van der Waals surface area contributed by atoms with Crippen molar-refractivity contribution in [2.75, 3.05) is 18.1 Å². The third-order valence-corrected chi connectivity index (χ3v) is 12.5. The molecular weight excluding hydrogens is 851 g/mol. The van der Waals surface area contributed by atoms with Gasteiger partial charge in [-0.2, -0.15) is 0 Å². The van der Waals surface area contributed by atoms with Crippen LogP contribution in [0.1, 0.15) is 252 Å². The number of carbonyl (C=O) groups is 3. The molecule has 0 bridgehead atoms. The van der Waals surface area contributed by atoms with Gasteiger partial charge in [-0.3, -0.25) is 14.4 Å². The number of unbranched alkanes of at least 4 members (excludes halogenated alkanes) is 24. The Morgan fingerprint density at radius 1 is 0.435 bits per heavy atom. The maximum Gasteiger partial charge on any atom is 0.306 e. The SMILES string of the molecule is CC/C=C\C/C=C\C/C=C\CCCCCCCC(=O)OC(COC(=O)CCCCCCC/C=C\C/C=C\CCCCC)CN(C(=O)CCCCCCC/C=C\CCCCCCCC)c1ccccc1. The normalized spacial score (nSPS) is 12.5. The molecule has 0 aliphatic rings. The number of hydrogen-bond acceptors (Lipinski definition) is 5. The minimum absolute atomic E-state index is 0.00230. The molecule has 390 valence electrons. The maximum absolute atomic E-state index is 13.9. The van der Waals surface area contributed by atoms with E-state index < -0.39 is 6.10 Å². The smallest absolute Gasteiger partial charge is 0.306 e. The highest BCUT2D eigenvalue weighted by atomic mass is 16.6. The Kier molecular flexibility index (Phi) is 46.1. The van der Waals surface area contributed by atoms with E-state index in [0.29, 0.717) is 19.3 Å². The van der Waals surface area contributed by atoms with Crippen molar-refractivity contribution in [1.29, 1.82) is 0 Å². The lowest BCUT2D eigenvalue weighted by molar-refractivity contribution is -0.158. The van der Waals surface area contributed by atoms with E-state index in [-0.39, 0.29) is 31.0 Å². The quantitative estimate of drug-likeness (QED) is 0.0370. The van der Waals surface area contributed by atoms with Crippen molar-refractivity contribution in [2.45, 2.75) is 258 Å². The summed E-state index contributed by atoms with van der Waals surface area (Å²) in [6, 6.07) is 9.63. The second-order valence-corrected chi connectivity index (χ2v) is 19.1. The molecule has 0 saturated carbocycles. The van der Waals surface area contributed by atoms with Crippen LogP contribution in [0.15, 0.2) is 103 Å². The zero-order valence-corrected chi connectivity index (χ0v) is 44.8. The van der Waals surface area contributed by atoms with E-state index in [1.54, 1.807) is 4.90 Å². The van der Waals surface area contributed by atoms with Crippen LogP contribution in [0.25, 0.3) is 0 Å². The highest BCUT2D eigenvalue weighted by Crippen LogP contribution is 2.20. The average molecular weight is 955 g/mol. The second kappa shape index (κ2) is 50.5. The summed E-state index contributed by atoms with van der Waals surface area (Å²) in [6.07, 6.45) is 64.7. The minimum atomic E-state index is -0.751. The molecule has 6 heteroatoms. The number of nitrogens with zero attached hydrogens (tertiary/aromatic N) is 1. The van der Waals surface area contributed by atoms with Gasteiger partial charge < -0.3 is 14.4 Å². The fourth-order valence-corrected chi connectivity index (χ4v) is 8.24. The van der Waals surface area contributed by atoms with Crippen LogP contribution in [-0.4, -0.2) is 37.1 Å². The summed E-state index contributed by atoms with van der Waals surface area (Å²) in [5.74, 6) is -0.579. The molecular formula is C63H103NO5. The van der Waals surface area contributed by atoms with E-state index in [0.717, 1.165) is 134 Å². The number of amides is 1. The lowest BCUT2D eigenvalue weighted by atomic mass is 10.1. The first-order valence-electron chi connectivity index (χ1n) is 28.6. The molecule has 0 aromatic heterocycles. The topological polar surface area (TPSA) is 72.9 Å². The zero-order valence-electron chi connectivity index (χ0n) is 44.8. The first-order valence-corrected chi connectivity index (χ1v) is 28.6. The molecule has 1 unspecified atom stereocenters. The predicted molar refractivity (Wildman–Crippen MR) is 298 cm³/mol. The van der Waals surface area contributed by atoms with E-state index in [4.69, 9.17) is 9.47 Å². The summed E-state index contributed by atoms with van der Waals surface area (Å²) in [5.41, 5.74) is 0.763. The van der Waals surface area contributed by atoms with Gasteiger partial charge in [-0.1, -0.05) is 215 Å². The molecule has 0 aliphatic heterocycles. The molecule has 1 atom stereocenters. The first-order chi connectivity index (χ1) is 34.0. The number of esters is 2. The molecule has 1 amide bonds. The van der Waals surface area contributed by atoms with E-state index in [1.807, 2.05) is 30.3 Å². The summed E-state index contributed by atoms with van der Waals surface area (Å²) in [6.45, 7) is 6.75. The lowest BCUT2D eigenvalue weighted by Crippen LogP contribution is -2.41. The van der Waals surface area contributed by atoms with Gasteiger partial charge >= 0.3 is 11.9 Å². The fraction of sp³-hybridized carbons (Fsp3) is 0.667. The molecule has 1 aromatic rings. The van der Waals surface area contributed by atoms with Crippen LogP contribution in [-0.2, 0) is 23.9 Å². The van der Waals surface area contributed by atoms with Crippen LogP contribution < -0.4 is 4.90 Å². The number of hydrogen-bond donors (Lipinski definition) is 0. The number of anilines is 1. The molecule has 1 rings (SSSR count). The molecule has 69 heavy (non-hydrogen) atoms. The van der Waals surface area contributed by atoms with Gasteiger partial charge in [0.1, 0.15) is 6.61 Å². The Morgan fingerprint density at radius 3 is 1.30 bits per heavy atom. The average Bonchev–Trinajstić information content (AvgIpc) is 3.36. The van der Waals surface area contributed by atoms with E-state index in [9.17, 15) is 14.4 Å². The Bertz CT molecular complexity index is 1510. The Morgan fingerprint density at radius 2 is 0.812 bits per heavy atom. The van der Waals surface area contributed by atoms with Gasteiger partial charge in [-0.05, 0) is 121 Å². The first kappa shape index (κ1) is 63.1. The third kappa shape index (κ3) is 42.7. The molecule has 0 radical (unpaired) electrons. The van der Waals surface area contributed by atoms with Crippen molar-refractivity contribution in [3.05, 3.63) is 103 Å².